The Bertz CT molecular complexity index is 830. The summed E-state index contributed by atoms with van der Waals surface area (Å²) in [6.45, 7) is -0.426. The van der Waals surface area contributed by atoms with Crippen molar-refractivity contribution in [3.8, 4) is 6.07 Å². The summed E-state index contributed by atoms with van der Waals surface area (Å²) in [7, 11) is 0. The molecule has 0 saturated carbocycles. The molecule has 0 amide bonds. The van der Waals surface area contributed by atoms with Crippen LogP contribution in [-0.4, -0.2) is 55.5 Å². The Labute approximate surface area is 167 Å². The highest BCUT2D eigenvalue weighted by Crippen LogP contribution is 2.39. The monoisotopic (exact) mass is 459 g/mol. The summed E-state index contributed by atoms with van der Waals surface area (Å²) in [6, 6.07) is 6.04. The third-order valence-electron chi connectivity index (χ3n) is 4.03. The summed E-state index contributed by atoms with van der Waals surface area (Å²) < 4.78 is 7.79. The van der Waals surface area contributed by atoms with Gasteiger partial charge in [-0.1, -0.05) is 23.4 Å². The highest BCUT2D eigenvalue weighted by atomic mass is 79.9. The van der Waals surface area contributed by atoms with E-state index in [9.17, 15) is 20.6 Å². The van der Waals surface area contributed by atoms with Gasteiger partial charge in [0.1, 0.15) is 35.9 Å². The molecule has 1 fully saturated rings. The van der Waals surface area contributed by atoms with Gasteiger partial charge in [-0.05, 0) is 34.1 Å². The van der Waals surface area contributed by atoms with Gasteiger partial charge < -0.3 is 20.1 Å². The molecule has 0 bridgehead atoms. The van der Waals surface area contributed by atoms with Crippen LogP contribution in [-0.2, 0) is 4.74 Å². The number of aliphatic hydroxyl groups is 3. The van der Waals surface area contributed by atoms with E-state index in [-0.39, 0.29) is 0 Å². The van der Waals surface area contributed by atoms with Crippen LogP contribution in [0, 0.1) is 11.3 Å². The number of aliphatic hydroxyl groups excluding tert-OH is 3. The Morgan fingerprint density at radius 1 is 1.38 bits per heavy atom. The first-order chi connectivity index (χ1) is 12.4. The molecule has 10 heteroatoms. The predicted molar refractivity (Wildman–Crippen MR) is 98.7 cm³/mol. The Balaban J connectivity index is 1.92. The van der Waals surface area contributed by atoms with Crippen molar-refractivity contribution in [3.63, 3.8) is 0 Å². The maximum Gasteiger partial charge on any atom is 0.136 e. The molecule has 3 rings (SSSR count). The standard InChI is InChI=1S/C16H15BrClN3O4S/c17-9-5-20-21(6-9)13-14(23)11(7-22)25-16(15(13)24)26-12-3-10(18)2-1-8(12)4-19/h1-3,5-6,11,13-16,22-24H,7H2/t11-,13+,14+,15-,16-/m1/s1. The lowest BCUT2D eigenvalue weighted by molar-refractivity contribution is -0.178. The molecule has 1 aromatic carbocycles. The van der Waals surface area contributed by atoms with Crippen LogP contribution in [0.4, 0.5) is 0 Å². The fraction of sp³-hybridized carbons (Fsp3) is 0.375. The number of hydrogen-bond donors (Lipinski definition) is 3. The van der Waals surface area contributed by atoms with Crippen molar-refractivity contribution in [2.24, 2.45) is 0 Å². The van der Waals surface area contributed by atoms with E-state index in [1.54, 1.807) is 24.4 Å². The van der Waals surface area contributed by atoms with Crippen molar-refractivity contribution in [1.82, 2.24) is 9.78 Å². The highest BCUT2D eigenvalue weighted by molar-refractivity contribution is 9.10. The molecular formula is C16H15BrClN3O4S. The summed E-state index contributed by atoms with van der Waals surface area (Å²) in [5.41, 5.74) is -0.450. The summed E-state index contributed by atoms with van der Waals surface area (Å²) in [5, 5.41) is 44.7. The van der Waals surface area contributed by atoms with Crippen LogP contribution in [0.25, 0.3) is 0 Å². The van der Waals surface area contributed by atoms with Gasteiger partial charge in [-0.25, -0.2) is 0 Å². The van der Waals surface area contributed by atoms with Crippen LogP contribution in [0.1, 0.15) is 11.6 Å². The molecular weight excluding hydrogens is 446 g/mol. The van der Waals surface area contributed by atoms with E-state index in [4.69, 9.17) is 16.3 Å². The molecule has 2 aromatic rings. The Kier molecular flexibility index (Phi) is 6.25. The summed E-state index contributed by atoms with van der Waals surface area (Å²) in [4.78, 5) is 0.539. The van der Waals surface area contributed by atoms with Gasteiger partial charge in [-0.3, -0.25) is 4.68 Å². The van der Waals surface area contributed by atoms with Gasteiger partial charge in [-0.15, -0.1) is 0 Å². The fourth-order valence-corrected chi connectivity index (χ4v) is 4.49. The number of hydrogen-bond acceptors (Lipinski definition) is 7. The minimum Gasteiger partial charge on any atom is -0.394 e. The molecule has 0 radical (unpaired) electrons. The largest absolute Gasteiger partial charge is 0.394 e. The number of aromatic nitrogens is 2. The van der Waals surface area contributed by atoms with Crippen LogP contribution in [0.15, 0.2) is 40.0 Å². The van der Waals surface area contributed by atoms with Gasteiger partial charge >= 0.3 is 0 Å². The SMILES string of the molecule is N#Cc1ccc(Cl)cc1S[C@H]1O[C@H](CO)[C@H](O)[C@H](n2cc(Br)cn2)[C@H]1O. The Morgan fingerprint density at radius 2 is 2.15 bits per heavy atom. The van der Waals surface area contributed by atoms with E-state index in [0.29, 0.717) is 20.0 Å². The van der Waals surface area contributed by atoms with E-state index in [0.717, 1.165) is 11.8 Å². The topological polar surface area (TPSA) is 112 Å². The first-order valence-electron chi connectivity index (χ1n) is 7.63. The average molecular weight is 461 g/mol. The van der Waals surface area contributed by atoms with Gasteiger partial charge in [-0.2, -0.15) is 10.4 Å². The van der Waals surface area contributed by atoms with Crippen LogP contribution >= 0.6 is 39.3 Å². The molecule has 3 N–H and O–H groups in total. The molecule has 0 aliphatic carbocycles. The number of nitrogens with zero attached hydrogens (tertiary/aromatic N) is 3. The summed E-state index contributed by atoms with van der Waals surface area (Å²) in [5.74, 6) is 0. The smallest absolute Gasteiger partial charge is 0.136 e. The lowest BCUT2D eigenvalue weighted by Gasteiger charge is -2.42. The number of nitriles is 1. The van der Waals surface area contributed by atoms with Crippen LogP contribution in [0.3, 0.4) is 0 Å². The molecule has 1 aromatic heterocycles. The number of halogens is 2. The number of thioether (sulfide) groups is 1. The fourth-order valence-electron chi connectivity index (χ4n) is 2.77. The van der Waals surface area contributed by atoms with Crippen LogP contribution < -0.4 is 0 Å². The maximum absolute atomic E-state index is 10.8. The summed E-state index contributed by atoms with van der Waals surface area (Å²) in [6.07, 6.45) is -0.0498. The summed E-state index contributed by atoms with van der Waals surface area (Å²) >= 11 is 10.4. The third kappa shape index (κ3) is 3.92. The van der Waals surface area contributed by atoms with Crippen LogP contribution in [0.5, 0.6) is 0 Å². The normalized spacial score (nSPS) is 28.7. The van der Waals surface area contributed by atoms with Crippen molar-refractivity contribution >= 4 is 39.3 Å². The molecule has 7 nitrogen and oxygen atoms in total. The maximum atomic E-state index is 10.8. The Hall–Kier alpha value is -1.12. The second-order valence-corrected chi connectivity index (χ2v) is 8.20. The minimum atomic E-state index is -1.16. The lowest BCUT2D eigenvalue weighted by atomic mass is 9.97. The van der Waals surface area contributed by atoms with E-state index >= 15 is 0 Å². The zero-order chi connectivity index (χ0) is 18.8. The van der Waals surface area contributed by atoms with E-state index in [2.05, 4.69) is 27.1 Å². The number of ether oxygens (including phenoxy) is 1. The van der Waals surface area contributed by atoms with Gasteiger partial charge in [0.2, 0.25) is 0 Å². The number of rotatable bonds is 4. The van der Waals surface area contributed by atoms with E-state index in [1.165, 1.54) is 10.9 Å². The van der Waals surface area contributed by atoms with Crippen molar-refractivity contribution in [2.75, 3.05) is 6.61 Å². The highest BCUT2D eigenvalue weighted by Gasteiger charge is 2.46. The molecule has 1 aliphatic rings. The zero-order valence-electron chi connectivity index (χ0n) is 13.2. The number of benzene rings is 1. The predicted octanol–water partition coefficient (Wildman–Crippen LogP) is 1.94. The quantitative estimate of drug-likeness (QED) is 0.639. The molecule has 5 atom stereocenters. The van der Waals surface area contributed by atoms with Crippen molar-refractivity contribution in [3.05, 3.63) is 45.7 Å². The molecule has 0 unspecified atom stereocenters. The van der Waals surface area contributed by atoms with E-state index < -0.39 is 36.4 Å². The minimum absolute atomic E-state index is 0.389. The molecule has 1 saturated heterocycles. The molecule has 138 valence electrons. The van der Waals surface area contributed by atoms with Gasteiger partial charge in [0.25, 0.3) is 0 Å². The van der Waals surface area contributed by atoms with E-state index in [1.807, 2.05) is 0 Å². The van der Waals surface area contributed by atoms with Crippen molar-refractivity contribution in [1.29, 1.82) is 5.26 Å². The van der Waals surface area contributed by atoms with Gasteiger partial charge in [0.15, 0.2) is 0 Å². The van der Waals surface area contributed by atoms with Gasteiger partial charge in [0, 0.05) is 16.1 Å². The zero-order valence-corrected chi connectivity index (χ0v) is 16.4. The molecule has 0 spiro atoms. The second kappa shape index (κ2) is 8.27. The first kappa shape index (κ1) is 19.6. The third-order valence-corrected chi connectivity index (χ3v) is 5.89. The van der Waals surface area contributed by atoms with Gasteiger partial charge in [0.05, 0.1) is 22.8 Å². The van der Waals surface area contributed by atoms with Crippen molar-refractivity contribution in [2.45, 2.75) is 34.7 Å². The Morgan fingerprint density at radius 3 is 2.77 bits per heavy atom. The lowest BCUT2D eigenvalue weighted by Crippen LogP contribution is -2.55. The second-order valence-electron chi connectivity index (χ2n) is 5.71. The molecule has 1 aliphatic heterocycles. The first-order valence-corrected chi connectivity index (χ1v) is 9.68. The van der Waals surface area contributed by atoms with Crippen LogP contribution in [0.2, 0.25) is 5.02 Å². The average Bonchev–Trinajstić information content (AvgIpc) is 3.03. The van der Waals surface area contributed by atoms with Crippen molar-refractivity contribution < 1.29 is 20.1 Å². The molecule has 2 heterocycles. The molecule has 26 heavy (non-hydrogen) atoms.